The number of rotatable bonds is 3. The molecule has 1 aromatic carbocycles. The fraction of sp³-hybridized carbons (Fsp3) is 0.250. The Kier molecular flexibility index (Phi) is 3.27. The van der Waals surface area contributed by atoms with E-state index >= 15 is 0 Å². The molecule has 18 heavy (non-hydrogen) atoms. The molecule has 2 rings (SSSR count). The molecule has 0 radical (unpaired) electrons. The van der Waals surface area contributed by atoms with Gasteiger partial charge in [-0.1, -0.05) is 11.2 Å². The molecule has 0 aliphatic heterocycles. The lowest BCUT2D eigenvalue weighted by Gasteiger charge is -2.13. The molecule has 0 saturated heterocycles. The highest BCUT2D eigenvalue weighted by Gasteiger charge is 2.30. The van der Waals surface area contributed by atoms with Gasteiger partial charge in [0.15, 0.2) is 11.9 Å². The first-order chi connectivity index (χ1) is 8.47. The van der Waals surface area contributed by atoms with E-state index in [1.165, 1.54) is 18.3 Å². The topological polar surface area (TPSA) is 35.3 Å². The second-order valence-electron chi connectivity index (χ2n) is 3.70. The van der Waals surface area contributed by atoms with Crippen LogP contribution >= 0.6 is 0 Å². The van der Waals surface area contributed by atoms with Crippen molar-refractivity contribution in [3.63, 3.8) is 0 Å². The van der Waals surface area contributed by atoms with Crippen LogP contribution in [0.2, 0.25) is 0 Å². The van der Waals surface area contributed by atoms with E-state index in [4.69, 9.17) is 9.26 Å². The van der Waals surface area contributed by atoms with Crippen LogP contribution in [0, 0.1) is 0 Å². The van der Waals surface area contributed by atoms with Gasteiger partial charge < -0.3 is 9.26 Å². The van der Waals surface area contributed by atoms with Gasteiger partial charge in [-0.25, -0.2) is 0 Å². The molecular weight excluding hydrogens is 247 g/mol. The summed E-state index contributed by atoms with van der Waals surface area (Å²) in [6.45, 7) is 1.67. The normalized spacial score (nSPS) is 13.3. The summed E-state index contributed by atoms with van der Waals surface area (Å²) in [6, 6.07) is 6.30. The van der Waals surface area contributed by atoms with E-state index < -0.39 is 17.8 Å². The number of aromatic nitrogens is 1. The van der Waals surface area contributed by atoms with Gasteiger partial charge in [0.25, 0.3) is 0 Å². The van der Waals surface area contributed by atoms with Crippen molar-refractivity contribution in [2.75, 3.05) is 0 Å². The second-order valence-corrected chi connectivity index (χ2v) is 3.70. The van der Waals surface area contributed by atoms with E-state index in [9.17, 15) is 13.2 Å². The predicted molar refractivity (Wildman–Crippen MR) is 57.0 cm³/mol. The molecule has 0 N–H and O–H groups in total. The highest BCUT2D eigenvalue weighted by molar-refractivity contribution is 5.30. The largest absolute Gasteiger partial charge is 0.483 e. The molecule has 0 fully saturated rings. The molecule has 1 unspecified atom stereocenters. The van der Waals surface area contributed by atoms with E-state index in [0.29, 0.717) is 5.76 Å². The molecular formula is C12H10F3NO2. The van der Waals surface area contributed by atoms with Gasteiger partial charge >= 0.3 is 6.18 Å². The van der Waals surface area contributed by atoms with Gasteiger partial charge in [-0.05, 0) is 25.1 Å². The van der Waals surface area contributed by atoms with E-state index in [2.05, 4.69) is 5.16 Å². The summed E-state index contributed by atoms with van der Waals surface area (Å²) in [5, 5.41) is 3.51. The molecule has 0 bridgehead atoms. The summed E-state index contributed by atoms with van der Waals surface area (Å²) in [5.74, 6) is 0.584. The van der Waals surface area contributed by atoms with Crippen molar-refractivity contribution in [2.24, 2.45) is 0 Å². The van der Waals surface area contributed by atoms with Crippen LogP contribution in [-0.2, 0) is 6.18 Å². The van der Waals surface area contributed by atoms with Crippen molar-refractivity contribution < 1.29 is 22.4 Å². The molecule has 1 atom stereocenters. The lowest BCUT2D eigenvalue weighted by molar-refractivity contribution is -0.137. The van der Waals surface area contributed by atoms with Crippen LogP contribution < -0.4 is 4.74 Å². The van der Waals surface area contributed by atoms with Gasteiger partial charge in [0.05, 0.1) is 11.8 Å². The second kappa shape index (κ2) is 4.72. The van der Waals surface area contributed by atoms with Crippen molar-refractivity contribution in [1.29, 1.82) is 0 Å². The van der Waals surface area contributed by atoms with Gasteiger partial charge in [-0.2, -0.15) is 13.2 Å². The fourth-order valence-electron chi connectivity index (χ4n) is 1.44. The summed E-state index contributed by atoms with van der Waals surface area (Å²) >= 11 is 0. The minimum absolute atomic E-state index is 0.133. The van der Waals surface area contributed by atoms with Gasteiger partial charge in [0, 0.05) is 6.07 Å². The Morgan fingerprint density at radius 2 is 2.06 bits per heavy atom. The predicted octanol–water partition coefficient (Wildman–Crippen LogP) is 3.83. The number of halogens is 3. The zero-order chi connectivity index (χ0) is 13.2. The first-order valence-corrected chi connectivity index (χ1v) is 5.21. The molecule has 1 heterocycles. The Hall–Kier alpha value is -1.98. The van der Waals surface area contributed by atoms with Crippen LogP contribution in [-0.4, -0.2) is 5.16 Å². The summed E-state index contributed by atoms with van der Waals surface area (Å²) in [5.41, 5.74) is -0.746. The van der Waals surface area contributed by atoms with Crippen molar-refractivity contribution in [3.8, 4) is 5.75 Å². The van der Waals surface area contributed by atoms with Gasteiger partial charge in [0.2, 0.25) is 0 Å². The number of nitrogens with zero attached hydrogens (tertiary/aromatic N) is 1. The summed E-state index contributed by atoms with van der Waals surface area (Å²) in [7, 11) is 0. The first-order valence-electron chi connectivity index (χ1n) is 5.21. The lowest BCUT2D eigenvalue weighted by Crippen LogP contribution is -2.06. The number of hydrogen-bond donors (Lipinski definition) is 0. The van der Waals surface area contributed by atoms with Crippen LogP contribution in [0.1, 0.15) is 24.4 Å². The number of hydrogen-bond acceptors (Lipinski definition) is 3. The monoisotopic (exact) mass is 257 g/mol. The van der Waals surface area contributed by atoms with Crippen molar-refractivity contribution in [3.05, 3.63) is 47.9 Å². The fourth-order valence-corrected chi connectivity index (χ4v) is 1.44. The minimum atomic E-state index is -4.38. The molecule has 0 saturated carbocycles. The smallest absolute Gasteiger partial charge is 0.416 e. The lowest BCUT2D eigenvalue weighted by atomic mass is 10.2. The van der Waals surface area contributed by atoms with E-state index in [-0.39, 0.29) is 5.75 Å². The quantitative estimate of drug-likeness (QED) is 0.838. The highest BCUT2D eigenvalue weighted by atomic mass is 19.4. The molecule has 1 aromatic heterocycles. The number of benzene rings is 1. The molecule has 3 nitrogen and oxygen atoms in total. The van der Waals surface area contributed by atoms with Crippen LogP contribution in [0.4, 0.5) is 13.2 Å². The molecule has 6 heteroatoms. The van der Waals surface area contributed by atoms with Crippen LogP contribution in [0.3, 0.4) is 0 Å². The van der Waals surface area contributed by atoms with E-state index in [1.54, 1.807) is 13.0 Å². The minimum Gasteiger partial charge on any atom is -0.483 e. The number of alkyl halides is 3. The molecule has 0 aliphatic rings. The SMILES string of the molecule is CC(Oc1cccc(C(F)(F)F)c1)c1ccno1. The van der Waals surface area contributed by atoms with Crippen LogP contribution in [0.5, 0.6) is 5.75 Å². The maximum atomic E-state index is 12.5. The van der Waals surface area contributed by atoms with Crippen LogP contribution in [0.15, 0.2) is 41.1 Å². The molecule has 2 aromatic rings. The molecule has 0 spiro atoms. The average molecular weight is 257 g/mol. The van der Waals surface area contributed by atoms with Crippen LogP contribution in [0.25, 0.3) is 0 Å². The Balaban J connectivity index is 2.15. The third-order valence-electron chi connectivity index (χ3n) is 2.33. The Morgan fingerprint density at radius 1 is 1.28 bits per heavy atom. The van der Waals surface area contributed by atoms with Gasteiger partial charge in [0.1, 0.15) is 5.75 Å². The van der Waals surface area contributed by atoms with E-state index in [1.807, 2.05) is 0 Å². The van der Waals surface area contributed by atoms with E-state index in [0.717, 1.165) is 12.1 Å². The number of ether oxygens (including phenoxy) is 1. The first kappa shape index (κ1) is 12.5. The third-order valence-corrected chi connectivity index (χ3v) is 2.33. The third kappa shape index (κ3) is 2.82. The van der Waals surface area contributed by atoms with Gasteiger partial charge in [-0.15, -0.1) is 0 Å². The highest BCUT2D eigenvalue weighted by Crippen LogP contribution is 2.32. The zero-order valence-corrected chi connectivity index (χ0v) is 9.44. The van der Waals surface area contributed by atoms with Crippen molar-refractivity contribution >= 4 is 0 Å². The maximum absolute atomic E-state index is 12.5. The summed E-state index contributed by atoms with van der Waals surface area (Å²) in [4.78, 5) is 0. The summed E-state index contributed by atoms with van der Waals surface area (Å²) < 4.78 is 47.7. The Bertz CT molecular complexity index is 508. The molecule has 0 aliphatic carbocycles. The van der Waals surface area contributed by atoms with Gasteiger partial charge in [-0.3, -0.25) is 0 Å². The molecule has 0 amide bonds. The molecule has 96 valence electrons. The average Bonchev–Trinajstić information content (AvgIpc) is 2.81. The maximum Gasteiger partial charge on any atom is 0.416 e. The zero-order valence-electron chi connectivity index (χ0n) is 9.44. The Morgan fingerprint density at radius 3 is 2.67 bits per heavy atom. The standard InChI is InChI=1S/C12H10F3NO2/c1-8(11-5-6-16-18-11)17-10-4-2-3-9(7-10)12(13,14)15/h2-8H,1H3. The Labute approximate surface area is 101 Å². The summed E-state index contributed by atoms with van der Waals surface area (Å²) in [6.07, 6.45) is -3.44. The van der Waals surface area contributed by atoms with Crippen molar-refractivity contribution in [1.82, 2.24) is 5.16 Å². The van der Waals surface area contributed by atoms with Crippen molar-refractivity contribution in [2.45, 2.75) is 19.2 Å².